The lowest BCUT2D eigenvalue weighted by atomic mass is 10.1. The molecule has 0 radical (unpaired) electrons. The largest absolute Gasteiger partial charge is 0.462 e. The van der Waals surface area contributed by atoms with Gasteiger partial charge in [0, 0.05) is 32.9 Å². The van der Waals surface area contributed by atoms with Crippen LogP contribution in [0.1, 0.15) is 59.5 Å². The Morgan fingerprint density at radius 2 is 1.31 bits per heavy atom. The number of benzene rings is 4. The summed E-state index contributed by atoms with van der Waals surface area (Å²) in [4.78, 5) is 27.9. The molecule has 0 atom stereocenters. The number of ether oxygens (including phenoxy) is 5. The van der Waals surface area contributed by atoms with Gasteiger partial charge in [-0.2, -0.15) is 0 Å². The second-order valence-electron chi connectivity index (χ2n) is 10.7. The van der Waals surface area contributed by atoms with E-state index < -0.39 is 12.4 Å². The highest BCUT2D eigenvalue weighted by Gasteiger charge is 2.11. The summed E-state index contributed by atoms with van der Waals surface area (Å²) in [5.74, 6) is -0.699. The van der Waals surface area contributed by atoms with Crippen molar-refractivity contribution in [3.63, 3.8) is 0 Å². The fourth-order valence-corrected chi connectivity index (χ4v) is 4.66. The monoisotopic (exact) mass is 697 g/mol. The van der Waals surface area contributed by atoms with Crippen molar-refractivity contribution >= 4 is 34.3 Å². The minimum absolute atomic E-state index is 0.107. The smallest absolute Gasteiger partial charge is 0.341 e. The van der Waals surface area contributed by atoms with Gasteiger partial charge in [-0.1, -0.05) is 60.7 Å². The lowest BCUT2D eigenvalue weighted by Crippen LogP contribution is -2.20. The molecule has 0 saturated carbocycles. The van der Waals surface area contributed by atoms with Crippen LogP contribution in [0.5, 0.6) is 0 Å². The normalized spacial score (nSPS) is 10.5. The lowest BCUT2D eigenvalue weighted by molar-refractivity contribution is -0.282. The van der Waals surface area contributed by atoms with Crippen LogP contribution in [0.25, 0.3) is 11.0 Å². The van der Waals surface area contributed by atoms with Crippen molar-refractivity contribution in [1.82, 2.24) is 9.55 Å². The van der Waals surface area contributed by atoms with Gasteiger partial charge in [-0.25, -0.2) is 14.6 Å². The number of fused-ring (bicyclic) bond motifs is 1. The average molecular weight is 698 g/mol. The van der Waals surface area contributed by atoms with E-state index >= 15 is 0 Å². The number of carbonyl (C=O) groups excluding carboxylic acids is 2. The first kappa shape index (κ1) is 40.1. The Hall–Kier alpha value is -5.36. The summed E-state index contributed by atoms with van der Waals surface area (Å²) < 4.78 is 27.2. The van der Waals surface area contributed by atoms with E-state index in [0.717, 1.165) is 23.1 Å². The van der Waals surface area contributed by atoms with Gasteiger partial charge in [0.1, 0.15) is 6.92 Å². The molecule has 5 rings (SSSR count). The van der Waals surface area contributed by atoms with Crippen LogP contribution in [-0.2, 0) is 36.8 Å². The molecule has 5 aromatic rings. The van der Waals surface area contributed by atoms with Crippen LogP contribution in [-0.4, -0.2) is 61.0 Å². The third-order valence-electron chi connectivity index (χ3n) is 7.08. The number of rotatable bonds is 15. The number of esters is 2. The van der Waals surface area contributed by atoms with Crippen molar-refractivity contribution in [3.05, 3.63) is 133 Å². The predicted octanol–water partition coefficient (Wildman–Crippen LogP) is 7.51. The Kier molecular flexibility index (Phi) is 17.6. The molecule has 11 nitrogen and oxygen atoms in total. The quantitative estimate of drug-likeness (QED) is 0.0490. The minimum atomic E-state index is -0.472. The molecule has 0 bridgehead atoms. The maximum atomic E-state index is 11.8. The fourth-order valence-electron chi connectivity index (χ4n) is 4.66. The number of anilines is 2. The maximum absolute atomic E-state index is 11.8. The van der Waals surface area contributed by atoms with Gasteiger partial charge >= 0.3 is 11.9 Å². The van der Waals surface area contributed by atoms with Crippen molar-refractivity contribution in [2.45, 2.75) is 47.3 Å². The highest BCUT2D eigenvalue weighted by molar-refractivity contribution is 5.94. The molecular formula is C40H49N4O7+. The number of nitrogens with zero attached hydrogens (tertiary/aromatic N) is 2. The Morgan fingerprint density at radius 3 is 1.90 bits per heavy atom. The average Bonchev–Trinajstić information content (AvgIpc) is 3.55. The van der Waals surface area contributed by atoms with Crippen LogP contribution >= 0.6 is 0 Å². The summed E-state index contributed by atoms with van der Waals surface area (Å²) in [6, 6.07) is 30.6. The lowest BCUT2D eigenvalue weighted by Gasteiger charge is -2.15. The molecule has 0 aliphatic carbocycles. The van der Waals surface area contributed by atoms with Crippen LogP contribution in [0.15, 0.2) is 103 Å². The zero-order valence-corrected chi connectivity index (χ0v) is 29.9. The standard InChI is InChI=1S/C17H16N2O2.C16H16N2O2.C7H16O3/c1-2-21-17(20)14-8-9-15-16(10-14)19(12-18-15)11-13-6-4-3-5-7-13;1-2-20-16(19)13-8-9-14(17)15(10-13)18-11-12-6-4-3-5-7-12;1-4-8-7(9-5-2)10-6-3/h3-10,12H,2,11H2,1H3;3-10,18H,1-2,11H2,(H-,17,19);7H,4-6H2,1-3H3/p+1. The van der Waals surface area contributed by atoms with Gasteiger partial charge < -0.3 is 39.3 Å². The minimum Gasteiger partial charge on any atom is -0.462 e. The van der Waals surface area contributed by atoms with Crippen LogP contribution in [0, 0.1) is 6.92 Å². The van der Waals surface area contributed by atoms with Gasteiger partial charge in [-0.05, 0) is 75.2 Å². The molecule has 0 amide bonds. The molecular weight excluding hydrogens is 648 g/mol. The van der Waals surface area contributed by atoms with Crippen LogP contribution in [0.3, 0.4) is 0 Å². The number of nitrogens with two attached hydrogens (primary N) is 1. The maximum Gasteiger partial charge on any atom is 0.341 e. The van der Waals surface area contributed by atoms with E-state index in [4.69, 9.17) is 29.4 Å². The molecule has 0 unspecified atom stereocenters. The summed E-state index contributed by atoms with van der Waals surface area (Å²) in [6.45, 7) is 14.2. The highest BCUT2D eigenvalue weighted by Crippen LogP contribution is 2.22. The van der Waals surface area contributed by atoms with E-state index in [0.29, 0.717) is 55.5 Å². The molecule has 0 saturated heterocycles. The van der Waals surface area contributed by atoms with E-state index in [1.165, 1.54) is 5.56 Å². The van der Waals surface area contributed by atoms with Gasteiger partial charge in [-0.15, -0.1) is 0 Å². The molecule has 4 aromatic carbocycles. The summed E-state index contributed by atoms with van der Waals surface area (Å²) >= 11 is 0. The van der Waals surface area contributed by atoms with E-state index in [-0.39, 0.29) is 12.6 Å². The highest BCUT2D eigenvalue weighted by atomic mass is 16.8. The number of hydrogen-bond acceptors (Lipinski definition) is 10. The molecule has 0 aliphatic rings. The molecule has 0 spiro atoms. The number of nitrogens with one attached hydrogen (secondary N) is 1. The van der Waals surface area contributed by atoms with Crippen LogP contribution in [0.4, 0.5) is 11.4 Å². The number of carbonyl (C=O) groups is 2. The van der Waals surface area contributed by atoms with Crippen LogP contribution in [0.2, 0.25) is 0 Å². The predicted molar refractivity (Wildman–Crippen MR) is 200 cm³/mol. The first-order chi connectivity index (χ1) is 24.8. The summed E-state index contributed by atoms with van der Waals surface area (Å²) in [7, 11) is 0. The van der Waals surface area contributed by atoms with Crippen LogP contribution < -0.4 is 11.1 Å². The van der Waals surface area contributed by atoms with Crippen molar-refractivity contribution in [3.8, 4) is 0 Å². The second-order valence-corrected chi connectivity index (χ2v) is 10.7. The Labute approximate surface area is 300 Å². The Bertz CT molecular complexity index is 1730. The first-order valence-corrected chi connectivity index (χ1v) is 17.0. The van der Waals surface area contributed by atoms with E-state index in [2.05, 4.69) is 29.4 Å². The summed E-state index contributed by atoms with van der Waals surface area (Å²) in [6.07, 6.45) is 1.80. The Balaban J connectivity index is 0.000000220. The van der Waals surface area contributed by atoms with Gasteiger partial charge in [0.05, 0.1) is 46.5 Å². The van der Waals surface area contributed by atoms with Gasteiger partial charge in [0.25, 0.3) is 6.48 Å². The van der Waals surface area contributed by atoms with Crippen molar-refractivity contribution in [2.24, 2.45) is 0 Å². The fraction of sp³-hybridized carbons (Fsp3) is 0.300. The molecule has 1 aromatic heterocycles. The van der Waals surface area contributed by atoms with Gasteiger partial charge in [0.15, 0.2) is 0 Å². The first-order valence-electron chi connectivity index (χ1n) is 17.0. The molecule has 0 fully saturated rings. The number of aromatic nitrogens is 2. The molecule has 270 valence electrons. The van der Waals surface area contributed by atoms with Crippen molar-refractivity contribution in [2.75, 3.05) is 44.1 Å². The molecule has 3 N–H and O–H groups in total. The molecule has 11 heteroatoms. The number of imidazole rings is 1. The van der Waals surface area contributed by atoms with Crippen molar-refractivity contribution in [1.29, 1.82) is 0 Å². The van der Waals surface area contributed by atoms with Crippen molar-refractivity contribution < 1.29 is 33.3 Å². The second kappa shape index (κ2) is 22.4. The zero-order valence-electron chi connectivity index (χ0n) is 29.9. The number of hydrogen-bond donors (Lipinski definition) is 2. The van der Waals surface area contributed by atoms with Gasteiger partial charge in [0.2, 0.25) is 6.61 Å². The molecule has 0 aliphatic heterocycles. The van der Waals surface area contributed by atoms with E-state index in [9.17, 15) is 9.59 Å². The third-order valence-corrected chi connectivity index (χ3v) is 7.08. The summed E-state index contributed by atoms with van der Waals surface area (Å²) in [5, 5.41) is 3.22. The topological polar surface area (TPSA) is 136 Å². The molecule has 51 heavy (non-hydrogen) atoms. The SMILES string of the molecule is CCOC(=O)c1ccc2ncn(Cc3ccccc3)c2c1.CCOC(OCC)OCC.[CH2+]COC(=O)c1ccc(N)c(NCc2ccccc2)c1. The van der Waals surface area contributed by atoms with E-state index in [1.54, 1.807) is 37.5 Å². The van der Waals surface area contributed by atoms with Gasteiger partial charge in [-0.3, -0.25) is 0 Å². The Morgan fingerprint density at radius 1 is 0.745 bits per heavy atom. The molecule has 1 heterocycles. The summed E-state index contributed by atoms with van der Waals surface area (Å²) in [5.41, 5.74) is 12.4. The zero-order chi connectivity index (χ0) is 36.8. The number of nitrogen functional groups attached to an aromatic ring is 1. The van der Waals surface area contributed by atoms with E-state index in [1.807, 2.05) is 86.0 Å². The third kappa shape index (κ3) is 13.5.